The Labute approximate surface area is 217 Å². The van der Waals surface area contributed by atoms with E-state index < -0.39 is 0 Å². The molecule has 1 fully saturated rings. The first-order valence-electron chi connectivity index (χ1n) is 11.9. The van der Waals surface area contributed by atoms with Gasteiger partial charge in [0.1, 0.15) is 16.5 Å². The molecule has 37 heavy (non-hydrogen) atoms. The van der Waals surface area contributed by atoms with E-state index in [-0.39, 0.29) is 17.2 Å². The fraction of sp³-hybridized carbons (Fsp3) is 0.185. The molecule has 0 amide bonds. The molecule has 0 unspecified atom stereocenters. The number of nitriles is 1. The summed E-state index contributed by atoms with van der Waals surface area (Å²) in [6.07, 6.45) is 0. The summed E-state index contributed by atoms with van der Waals surface area (Å²) in [6, 6.07) is 23.5. The third-order valence-electron chi connectivity index (χ3n) is 6.31. The first kappa shape index (κ1) is 23.0. The predicted octanol–water partition coefficient (Wildman–Crippen LogP) is 4.76. The lowest BCUT2D eigenvalue weighted by molar-refractivity contribution is 0.122. The molecule has 3 aromatic heterocycles. The summed E-state index contributed by atoms with van der Waals surface area (Å²) in [5, 5.41) is 36.1. The van der Waals surface area contributed by atoms with Crippen LogP contribution < -0.4 is 4.90 Å². The van der Waals surface area contributed by atoms with E-state index in [0.29, 0.717) is 37.1 Å². The number of rotatable bonds is 5. The van der Waals surface area contributed by atoms with E-state index in [4.69, 9.17) is 4.74 Å². The first-order chi connectivity index (χ1) is 18.2. The van der Waals surface area contributed by atoms with Gasteiger partial charge in [0, 0.05) is 18.5 Å². The van der Waals surface area contributed by atoms with Crippen molar-refractivity contribution in [3.8, 4) is 17.4 Å². The van der Waals surface area contributed by atoms with Gasteiger partial charge < -0.3 is 14.7 Å². The van der Waals surface area contributed by atoms with Crippen LogP contribution in [-0.4, -0.2) is 56.0 Å². The van der Waals surface area contributed by atoms with Crippen molar-refractivity contribution in [2.45, 2.75) is 6.92 Å². The summed E-state index contributed by atoms with van der Waals surface area (Å²) in [4.78, 5) is 3.53. The molecule has 9 nitrogen and oxygen atoms in total. The largest absolute Gasteiger partial charge is 0.505 e. The number of benzene rings is 2. The number of morpholine rings is 1. The van der Waals surface area contributed by atoms with Crippen molar-refractivity contribution in [3.05, 3.63) is 83.1 Å². The van der Waals surface area contributed by atoms with Gasteiger partial charge in [-0.3, -0.25) is 4.57 Å². The van der Waals surface area contributed by atoms with Crippen LogP contribution >= 0.6 is 11.3 Å². The SMILES string of the molecule is Cc1nn(-c2ccccc2)c2sc(/C(O)=C(\C#N)c3nnc(N4CCOCC4)n3-c3ccccc3)cc12. The van der Waals surface area contributed by atoms with Gasteiger partial charge in [-0.1, -0.05) is 36.4 Å². The van der Waals surface area contributed by atoms with Gasteiger partial charge in [-0.2, -0.15) is 10.4 Å². The standard InChI is InChI=1S/C27H23N7O2S/c1-18-21-16-23(37-26(21)34(31-18)20-10-6-3-7-11-20)24(35)22(17-28)25-29-30-27(32-12-14-36-15-13-32)33(25)19-8-4-2-5-9-19/h2-11,16,35H,12-15H2,1H3/b24-22-. The number of nitrogens with zero attached hydrogens (tertiary/aromatic N) is 7. The van der Waals surface area contributed by atoms with Crippen LogP contribution in [0.15, 0.2) is 66.7 Å². The Morgan fingerprint density at radius 2 is 1.68 bits per heavy atom. The van der Waals surface area contributed by atoms with Crippen LogP contribution in [0.25, 0.3) is 32.9 Å². The highest BCUT2D eigenvalue weighted by molar-refractivity contribution is 7.19. The summed E-state index contributed by atoms with van der Waals surface area (Å²) < 4.78 is 9.19. The third-order valence-corrected chi connectivity index (χ3v) is 7.42. The first-order valence-corrected chi connectivity index (χ1v) is 12.7. The molecule has 1 N–H and O–H groups in total. The Bertz CT molecular complexity index is 1640. The van der Waals surface area contributed by atoms with Crippen LogP contribution in [0.5, 0.6) is 0 Å². The Kier molecular flexibility index (Phi) is 5.92. The number of aliphatic hydroxyl groups is 1. The maximum Gasteiger partial charge on any atom is 0.232 e. The molecule has 184 valence electrons. The Balaban J connectivity index is 1.50. The van der Waals surface area contributed by atoms with E-state index in [1.165, 1.54) is 11.3 Å². The third kappa shape index (κ3) is 4.04. The number of fused-ring (bicyclic) bond motifs is 1. The van der Waals surface area contributed by atoms with Crippen LogP contribution in [0.1, 0.15) is 16.4 Å². The second-order valence-electron chi connectivity index (χ2n) is 8.59. The Morgan fingerprint density at radius 3 is 2.35 bits per heavy atom. The number of hydrogen-bond donors (Lipinski definition) is 1. The molecule has 10 heteroatoms. The molecule has 1 aliphatic heterocycles. The van der Waals surface area contributed by atoms with E-state index in [2.05, 4.69) is 26.3 Å². The second-order valence-corrected chi connectivity index (χ2v) is 9.62. The molecule has 0 bridgehead atoms. The van der Waals surface area contributed by atoms with Crippen molar-refractivity contribution in [3.63, 3.8) is 0 Å². The topological polar surface area (TPSA) is 105 Å². The second kappa shape index (κ2) is 9.54. The number of aryl methyl sites for hydroxylation is 1. The lowest BCUT2D eigenvalue weighted by atomic mass is 10.2. The number of thiophene rings is 1. The van der Waals surface area contributed by atoms with Crippen molar-refractivity contribution in [2.24, 2.45) is 0 Å². The molecule has 1 aliphatic rings. The predicted molar refractivity (Wildman–Crippen MR) is 143 cm³/mol. The van der Waals surface area contributed by atoms with Gasteiger partial charge in [-0.15, -0.1) is 21.5 Å². The number of allylic oxidation sites excluding steroid dienone is 1. The number of aliphatic hydroxyl groups excluding tert-OH is 1. The van der Waals surface area contributed by atoms with Gasteiger partial charge in [0.25, 0.3) is 0 Å². The number of ether oxygens (including phenoxy) is 1. The van der Waals surface area contributed by atoms with Crippen LogP contribution in [0, 0.1) is 18.3 Å². The average Bonchev–Trinajstić information content (AvgIpc) is 3.66. The molecule has 0 atom stereocenters. The zero-order valence-corrected chi connectivity index (χ0v) is 20.9. The Hall–Kier alpha value is -4.46. The molecule has 0 radical (unpaired) electrons. The van der Waals surface area contributed by atoms with Gasteiger partial charge in [0.2, 0.25) is 5.95 Å². The van der Waals surface area contributed by atoms with Crippen LogP contribution in [0.4, 0.5) is 5.95 Å². The summed E-state index contributed by atoms with van der Waals surface area (Å²) in [5.74, 6) is 0.754. The highest BCUT2D eigenvalue weighted by Crippen LogP contribution is 2.36. The average molecular weight is 510 g/mol. The molecule has 4 heterocycles. The fourth-order valence-electron chi connectivity index (χ4n) is 4.46. The van der Waals surface area contributed by atoms with Gasteiger partial charge >= 0.3 is 0 Å². The smallest absolute Gasteiger partial charge is 0.232 e. The number of hydrogen-bond acceptors (Lipinski definition) is 8. The van der Waals surface area contributed by atoms with Gasteiger partial charge in [0.05, 0.1) is 35.2 Å². The quantitative estimate of drug-likeness (QED) is 0.269. The van der Waals surface area contributed by atoms with Gasteiger partial charge in [0.15, 0.2) is 11.6 Å². The van der Waals surface area contributed by atoms with Crippen molar-refractivity contribution < 1.29 is 9.84 Å². The fourth-order valence-corrected chi connectivity index (χ4v) is 5.59. The minimum atomic E-state index is -0.138. The van der Waals surface area contributed by atoms with E-state index in [1.54, 1.807) is 0 Å². The van der Waals surface area contributed by atoms with E-state index in [9.17, 15) is 10.4 Å². The number of aromatic nitrogens is 5. The van der Waals surface area contributed by atoms with Crippen molar-refractivity contribution in [2.75, 3.05) is 31.2 Å². The lowest BCUT2D eigenvalue weighted by Gasteiger charge is -2.28. The molecule has 0 saturated carbocycles. The highest BCUT2D eigenvalue weighted by atomic mass is 32.1. The molecular weight excluding hydrogens is 486 g/mol. The van der Waals surface area contributed by atoms with Crippen molar-refractivity contribution >= 4 is 38.8 Å². The van der Waals surface area contributed by atoms with Crippen molar-refractivity contribution in [1.29, 1.82) is 5.26 Å². The van der Waals surface area contributed by atoms with Crippen molar-refractivity contribution in [1.82, 2.24) is 24.5 Å². The number of para-hydroxylation sites is 2. The molecule has 2 aromatic carbocycles. The van der Waals surface area contributed by atoms with E-state index in [0.717, 1.165) is 27.3 Å². The lowest BCUT2D eigenvalue weighted by Crippen LogP contribution is -2.38. The molecule has 1 saturated heterocycles. The molecule has 0 spiro atoms. The van der Waals surface area contributed by atoms with E-state index >= 15 is 0 Å². The van der Waals surface area contributed by atoms with E-state index in [1.807, 2.05) is 82.9 Å². The summed E-state index contributed by atoms with van der Waals surface area (Å²) >= 11 is 1.38. The molecule has 0 aliphatic carbocycles. The van der Waals surface area contributed by atoms with Gasteiger partial charge in [-0.25, -0.2) is 4.68 Å². The van der Waals surface area contributed by atoms with Gasteiger partial charge in [-0.05, 0) is 37.3 Å². The van der Waals surface area contributed by atoms with Crippen LogP contribution in [0.2, 0.25) is 0 Å². The molecular formula is C27H23N7O2S. The maximum atomic E-state index is 11.4. The number of anilines is 1. The zero-order chi connectivity index (χ0) is 25.4. The Morgan fingerprint density at radius 1 is 1.00 bits per heavy atom. The molecule has 6 rings (SSSR count). The minimum absolute atomic E-state index is 0.0524. The normalized spacial score (nSPS) is 14.5. The monoisotopic (exact) mass is 509 g/mol. The molecule has 5 aromatic rings. The summed E-state index contributed by atoms with van der Waals surface area (Å²) in [7, 11) is 0. The summed E-state index contributed by atoms with van der Waals surface area (Å²) in [5.41, 5.74) is 2.62. The van der Waals surface area contributed by atoms with Crippen LogP contribution in [-0.2, 0) is 4.74 Å². The maximum absolute atomic E-state index is 11.4. The van der Waals surface area contributed by atoms with Crippen LogP contribution in [0.3, 0.4) is 0 Å². The highest BCUT2D eigenvalue weighted by Gasteiger charge is 2.26. The minimum Gasteiger partial charge on any atom is -0.505 e. The summed E-state index contributed by atoms with van der Waals surface area (Å²) in [6.45, 7) is 4.43. The zero-order valence-electron chi connectivity index (χ0n) is 20.1.